The van der Waals surface area contributed by atoms with Crippen LogP contribution in [0.25, 0.3) is 6.08 Å². The van der Waals surface area contributed by atoms with Crippen molar-refractivity contribution in [3.8, 4) is 5.75 Å². The molecule has 0 aliphatic carbocycles. The van der Waals surface area contributed by atoms with Gasteiger partial charge in [-0.15, -0.1) is 0 Å². The zero-order valence-electron chi connectivity index (χ0n) is 10.6. The van der Waals surface area contributed by atoms with Crippen LogP contribution in [0.15, 0.2) is 41.8 Å². The molecular formula is C14H11NO4S. The van der Waals surface area contributed by atoms with Gasteiger partial charge in [0.1, 0.15) is 5.75 Å². The van der Waals surface area contributed by atoms with E-state index in [1.165, 1.54) is 12.1 Å². The minimum Gasteiger partial charge on any atom is -0.497 e. The summed E-state index contributed by atoms with van der Waals surface area (Å²) in [4.78, 5) is 22.0. The summed E-state index contributed by atoms with van der Waals surface area (Å²) in [7, 11) is 1.56. The number of ether oxygens (including phenoxy) is 1. The SMILES string of the molecule is COc1ccc(C(=O)/C=C/c2csc([N+](=O)[O-])c2)cc1. The van der Waals surface area contributed by atoms with Crippen LogP contribution in [0.3, 0.4) is 0 Å². The molecule has 1 aromatic heterocycles. The Hall–Kier alpha value is -2.47. The van der Waals surface area contributed by atoms with E-state index in [1.807, 2.05) is 0 Å². The number of nitro groups is 1. The zero-order chi connectivity index (χ0) is 14.5. The highest BCUT2D eigenvalue weighted by Gasteiger charge is 2.08. The molecule has 0 bridgehead atoms. The second-order valence-electron chi connectivity index (χ2n) is 3.90. The minimum absolute atomic E-state index is 0.0570. The highest BCUT2D eigenvalue weighted by molar-refractivity contribution is 7.13. The molecule has 6 heteroatoms. The Morgan fingerprint density at radius 2 is 2.05 bits per heavy atom. The second-order valence-corrected chi connectivity index (χ2v) is 4.79. The van der Waals surface area contributed by atoms with Crippen molar-refractivity contribution >= 4 is 28.2 Å². The Balaban J connectivity index is 2.09. The van der Waals surface area contributed by atoms with Gasteiger partial charge in [-0.3, -0.25) is 14.9 Å². The lowest BCUT2D eigenvalue weighted by Gasteiger charge is -1.99. The average Bonchev–Trinajstić information content (AvgIpc) is 2.94. The largest absolute Gasteiger partial charge is 0.497 e. The van der Waals surface area contributed by atoms with Gasteiger partial charge in [0.15, 0.2) is 5.78 Å². The monoisotopic (exact) mass is 289 g/mol. The predicted molar refractivity (Wildman–Crippen MR) is 77.3 cm³/mol. The number of hydrogen-bond donors (Lipinski definition) is 0. The van der Waals surface area contributed by atoms with Gasteiger partial charge < -0.3 is 4.74 Å². The number of methoxy groups -OCH3 is 1. The van der Waals surface area contributed by atoms with E-state index in [9.17, 15) is 14.9 Å². The number of benzene rings is 1. The number of nitrogens with zero attached hydrogens (tertiary/aromatic N) is 1. The van der Waals surface area contributed by atoms with Crippen molar-refractivity contribution < 1.29 is 14.5 Å². The maximum Gasteiger partial charge on any atom is 0.324 e. The van der Waals surface area contributed by atoms with E-state index in [2.05, 4.69) is 0 Å². The third kappa shape index (κ3) is 3.30. The van der Waals surface area contributed by atoms with E-state index in [0.29, 0.717) is 16.9 Å². The smallest absolute Gasteiger partial charge is 0.324 e. The van der Waals surface area contributed by atoms with E-state index in [-0.39, 0.29) is 10.8 Å². The summed E-state index contributed by atoms with van der Waals surface area (Å²) in [5.41, 5.74) is 1.18. The Morgan fingerprint density at radius 3 is 2.60 bits per heavy atom. The first-order valence-electron chi connectivity index (χ1n) is 5.69. The Kier molecular flexibility index (Phi) is 4.27. The van der Waals surface area contributed by atoms with Crippen molar-refractivity contribution in [3.05, 3.63) is 63.0 Å². The van der Waals surface area contributed by atoms with E-state index in [4.69, 9.17) is 4.74 Å². The predicted octanol–water partition coefficient (Wildman–Crippen LogP) is 3.56. The van der Waals surface area contributed by atoms with E-state index >= 15 is 0 Å². The summed E-state index contributed by atoms with van der Waals surface area (Å²) in [5.74, 6) is 0.514. The summed E-state index contributed by atoms with van der Waals surface area (Å²) >= 11 is 1.03. The van der Waals surface area contributed by atoms with Crippen LogP contribution in [0.5, 0.6) is 5.75 Å². The summed E-state index contributed by atoms with van der Waals surface area (Å²) in [6.45, 7) is 0. The lowest BCUT2D eigenvalue weighted by atomic mass is 10.1. The summed E-state index contributed by atoms with van der Waals surface area (Å²) in [6.07, 6.45) is 2.96. The highest BCUT2D eigenvalue weighted by Crippen LogP contribution is 2.23. The molecule has 1 heterocycles. The maximum atomic E-state index is 11.9. The summed E-state index contributed by atoms with van der Waals surface area (Å²) < 4.78 is 5.01. The molecule has 0 spiro atoms. The van der Waals surface area contributed by atoms with Crippen molar-refractivity contribution in [2.75, 3.05) is 7.11 Å². The number of carbonyl (C=O) groups excluding carboxylic acids is 1. The molecule has 0 saturated carbocycles. The van der Waals surface area contributed by atoms with Crippen molar-refractivity contribution in [3.63, 3.8) is 0 Å². The van der Waals surface area contributed by atoms with Crippen molar-refractivity contribution in [2.24, 2.45) is 0 Å². The molecule has 2 aromatic rings. The average molecular weight is 289 g/mol. The Morgan fingerprint density at radius 1 is 1.35 bits per heavy atom. The van der Waals surface area contributed by atoms with Gasteiger partial charge in [0, 0.05) is 17.0 Å². The quantitative estimate of drug-likeness (QED) is 0.365. The van der Waals surface area contributed by atoms with Gasteiger partial charge in [0.2, 0.25) is 0 Å². The molecule has 5 nitrogen and oxygen atoms in total. The lowest BCUT2D eigenvalue weighted by Crippen LogP contribution is -1.93. The number of hydrogen-bond acceptors (Lipinski definition) is 5. The normalized spacial score (nSPS) is 10.7. The fourth-order valence-corrected chi connectivity index (χ4v) is 2.24. The second kappa shape index (κ2) is 6.12. The van der Waals surface area contributed by atoms with Crippen LogP contribution in [-0.2, 0) is 0 Å². The molecule has 0 amide bonds. The maximum absolute atomic E-state index is 11.9. The van der Waals surface area contributed by atoms with Crippen LogP contribution in [0.2, 0.25) is 0 Å². The molecule has 0 saturated heterocycles. The van der Waals surface area contributed by atoms with Gasteiger partial charge in [-0.2, -0.15) is 0 Å². The molecule has 0 unspecified atom stereocenters. The number of ketones is 1. The van der Waals surface area contributed by atoms with E-state index < -0.39 is 4.92 Å². The van der Waals surface area contributed by atoms with E-state index in [0.717, 1.165) is 11.3 Å². The molecule has 20 heavy (non-hydrogen) atoms. The molecule has 0 N–H and O–H groups in total. The fraction of sp³-hybridized carbons (Fsp3) is 0.0714. The fourth-order valence-electron chi connectivity index (χ4n) is 1.55. The van der Waals surface area contributed by atoms with Gasteiger partial charge in [0.05, 0.1) is 12.0 Å². The summed E-state index contributed by atoms with van der Waals surface area (Å²) in [5, 5.41) is 12.2. The van der Waals surface area contributed by atoms with Crippen molar-refractivity contribution in [1.82, 2.24) is 0 Å². The molecule has 0 atom stereocenters. The zero-order valence-corrected chi connectivity index (χ0v) is 11.4. The standard InChI is InChI=1S/C14H11NO4S/c1-19-12-5-3-11(4-6-12)13(16)7-2-10-8-14(15(17)18)20-9-10/h2-9H,1H3/b7-2+. The van der Waals surface area contributed by atoms with Crippen LogP contribution in [0, 0.1) is 10.1 Å². The third-order valence-electron chi connectivity index (χ3n) is 2.59. The topological polar surface area (TPSA) is 69.4 Å². The Labute approximate surface area is 119 Å². The van der Waals surface area contributed by atoms with Gasteiger partial charge in [-0.1, -0.05) is 11.3 Å². The Bertz CT molecular complexity index is 658. The van der Waals surface area contributed by atoms with Crippen LogP contribution in [-0.4, -0.2) is 17.8 Å². The molecule has 0 radical (unpaired) electrons. The van der Waals surface area contributed by atoms with Crippen LogP contribution >= 0.6 is 11.3 Å². The van der Waals surface area contributed by atoms with Crippen LogP contribution in [0.1, 0.15) is 15.9 Å². The molecular weight excluding hydrogens is 278 g/mol. The number of allylic oxidation sites excluding steroid dienone is 1. The molecule has 0 aliphatic heterocycles. The number of thiophene rings is 1. The third-order valence-corrected chi connectivity index (χ3v) is 3.49. The first-order chi connectivity index (χ1) is 9.60. The van der Waals surface area contributed by atoms with Crippen molar-refractivity contribution in [1.29, 1.82) is 0 Å². The van der Waals surface area contributed by atoms with Gasteiger partial charge >= 0.3 is 5.00 Å². The highest BCUT2D eigenvalue weighted by atomic mass is 32.1. The van der Waals surface area contributed by atoms with E-state index in [1.54, 1.807) is 42.8 Å². The molecule has 1 aromatic carbocycles. The van der Waals surface area contributed by atoms with Crippen LogP contribution < -0.4 is 4.74 Å². The molecule has 0 fully saturated rings. The molecule has 2 rings (SSSR count). The minimum atomic E-state index is -0.451. The lowest BCUT2D eigenvalue weighted by molar-refractivity contribution is -0.380. The molecule has 102 valence electrons. The number of rotatable bonds is 5. The van der Waals surface area contributed by atoms with Crippen molar-refractivity contribution in [2.45, 2.75) is 0 Å². The summed E-state index contributed by atoms with van der Waals surface area (Å²) in [6, 6.07) is 8.18. The first-order valence-corrected chi connectivity index (χ1v) is 6.57. The van der Waals surface area contributed by atoms with Gasteiger partial charge in [0.25, 0.3) is 0 Å². The molecule has 0 aliphatic rings. The number of carbonyl (C=O) groups is 1. The van der Waals surface area contributed by atoms with Gasteiger partial charge in [-0.05, 0) is 42.0 Å². The van der Waals surface area contributed by atoms with Crippen LogP contribution in [0.4, 0.5) is 5.00 Å². The first kappa shape index (κ1) is 14.0. The van der Waals surface area contributed by atoms with Gasteiger partial charge in [-0.25, -0.2) is 0 Å².